The molecule has 0 amide bonds. The Balaban J connectivity index is 2.26. The van der Waals surface area contributed by atoms with Gasteiger partial charge in [-0.25, -0.2) is 0 Å². The predicted octanol–water partition coefficient (Wildman–Crippen LogP) is 3.72. The SMILES string of the molecule is CCCCN(C1CC1)C(CN)c1cc(Br)ccc1OC. The van der Waals surface area contributed by atoms with Crippen molar-refractivity contribution < 1.29 is 4.74 Å². The van der Waals surface area contributed by atoms with Crippen molar-refractivity contribution in [2.45, 2.75) is 44.7 Å². The summed E-state index contributed by atoms with van der Waals surface area (Å²) in [6.45, 7) is 3.99. The molecular weight excluding hydrogens is 316 g/mol. The molecule has 3 nitrogen and oxygen atoms in total. The summed E-state index contributed by atoms with van der Waals surface area (Å²) in [7, 11) is 1.73. The minimum atomic E-state index is 0.251. The quantitative estimate of drug-likeness (QED) is 0.783. The zero-order chi connectivity index (χ0) is 14.5. The smallest absolute Gasteiger partial charge is 0.123 e. The number of benzene rings is 1. The first kappa shape index (κ1) is 15.8. The Morgan fingerprint density at radius 1 is 1.45 bits per heavy atom. The van der Waals surface area contributed by atoms with Crippen LogP contribution in [0.3, 0.4) is 0 Å². The maximum Gasteiger partial charge on any atom is 0.123 e. The molecule has 1 atom stereocenters. The third-order valence-electron chi connectivity index (χ3n) is 3.96. The van der Waals surface area contributed by atoms with E-state index in [0.29, 0.717) is 12.6 Å². The van der Waals surface area contributed by atoms with Gasteiger partial charge in [0, 0.05) is 22.6 Å². The first-order chi connectivity index (χ1) is 9.71. The summed E-state index contributed by atoms with van der Waals surface area (Å²) in [5.41, 5.74) is 7.31. The Bertz CT molecular complexity index is 434. The molecule has 1 aromatic rings. The van der Waals surface area contributed by atoms with Crippen LogP contribution < -0.4 is 10.5 Å². The van der Waals surface area contributed by atoms with Gasteiger partial charge < -0.3 is 10.5 Å². The van der Waals surface area contributed by atoms with Gasteiger partial charge in [-0.15, -0.1) is 0 Å². The lowest BCUT2D eigenvalue weighted by Crippen LogP contribution is -2.36. The van der Waals surface area contributed by atoms with Crippen molar-refractivity contribution in [1.29, 1.82) is 0 Å². The number of hydrogen-bond acceptors (Lipinski definition) is 3. The molecule has 1 aromatic carbocycles. The van der Waals surface area contributed by atoms with E-state index in [4.69, 9.17) is 10.5 Å². The molecule has 2 rings (SSSR count). The molecule has 112 valence electrons. The molecule has 2 N–H and O–H groups in total. The second-order valence-corrected chi connectivity index (χ2v) is 6.38. The summed E-state index contributed by atoms with van der Waals surface area (Å²) in [5, 5.41) is 0. The molecular formula is C16H25BrN2O. The van der Waals surface area contributed by atoms with Gasteiger partial charge in [-0.3, -0.25) is 4.90 Å². The van der Waals surface area contributed by atoms with Gasteiger partial charge in [0.05, 0.1) is 13.2 Å². The number of halogens is 1. The topological polar surface area (TPSA) is 38.5 Å². The molecule has 0 aromatic heterocycles. The molecule has 1 aliphatic rings. The van der Waals surface area contributed by atoms with Crippen LogP contribution in [-0.2, 0) is 0 Å². The highest BCUT2D eigenvalue weighted by Gasteiger charge is 2.34. The van der Waals surface area contributed by atoms with Crippen LogP contribution in [0.15, 0.2) is 22.7 Å². The van der Waals surface area contributed by atoms with Gasteiger partial charge in [-0.1, -0.05) is 29.3 Å². The summed E-state index contributed by atoms with van der Waals surface area (Å²) in [6, 6.07) is 7.15. The van der Waals surface area contributed by atoms with Crippen LogP contribution in [0.25, 0.3) is 0 Å². The zero-order valence-electron chi connectivity index (χ0n) is 12.4. The normalized spacial score (nSPS) is 16.4. The van der Waals surface area contributed by atoms with E-state index in [1.54, 1.807) is 7.11 Å². The number of nitrogens with zero attached hydrogens (tertiary/aromatic N) is 1. The summed E-state index contributed by atoms with van der Waals surface area (Å²) in [4.78, 5) is 2.58. The third-order valence-corrected chi connectivity index (χ3v) is 4.45. The largest absolute Gasteiger partial charge is 0.496 e. The van der Waals surface area contributed by atoms with Gasteiger partial charge in [-0.2, -0.15) is 0 Å². The second-order valence-electron chi connectivity index (χ2n) is 5.46. The maximum absolute atomic E-state index is 6.10. The molecule has 1 unspecified atom stereocenters. The van der Waals surface area contributed by atoms with Gasteiger partial charge in [0.2, 0.25) is 0 Å². The van der Waals surface area contributed by atoms with Crippen molar-refractivity contribution in [2.24, 2.45) is 5.73 Å². The third kappa shape index (κ3) is 3.74. The summed E-state index contributed by atoms with van der Waals surface area (Å²) >= 11 is 3.56. The first-order valence-electron chi connectivity index (χ1n) is 7.50. The Morgan fingerprint density at radius 2 is 2.20 bits per heavy atom. The molecule has 1 saturated carbocycles. The standard InChI is InChI=1S/C16H25BrN2O/c1-3-4-9-19(13-6-7-13)15(11-18)14-10-12(17)5-8-16(14)20-2/h5,8,10,13,15H,3-4,6-7,9,11,18H2,1-2H3. The molecule has 20 heavy (non-hydrogen) atoms. The lowest BCUT2D eigenvalue weighted by atomic mass is 10.0. The average Bonchev–Trinajstić information content (AvgIpc) is 3.28. The van der Waals surface area contributed by atoms with E-state index in [2.05, 4.69) is 33.8 Å². The molecule has 0 heterocycles. The van der Waals surface area contributed by atoms with Crippen molar-refractivity contribution in [3.63, 3.8) is 0 Å². The Kier molecular flexibility index (Phi) is 5.87. The fourth-order valence-electron chi connectivity index (χ4n) is 2.75. The van der Waals surface area contributed by atoms with E-state index in [0.717, 1.165) is 16.8 Å². The fraction of sp³-hybridized carbons (Fsp3) is 0.625. The van der Waals surface area contributed by atoms with Crippen LogP contribution in [0.2, 0.25) is 0 Å². The van der Waals surface area contributed by atoms with Gasteiger partial charge in [-0.05, 0) is 44.0 Å². The number of rotatable bonds is 8. The van der Waals surface area contributed by atoms with Gasteiger partial charge in [0.15, 0.2) is 0 Å². The lowest BCUT2D eigenvalue weighted by molar-refractivity contribution is 0.185. The number of hydrogen-bond donors (Lipinski definition) is 1. The van der Waals surface area contributed by atoms with E-state index in [-0.39, 0.29) is 6.04 Å². The maximum atomic E-state index is 6.10. The summed E-state index contributed by atoms with van der Waals surface area (Å²) in [5.74, 6) is 0.936. The van der Waals surface area contributed by atoms with Crippen LogP contribution in [0.4, 0.5) is 0 Å². The first-order valence-corrected chi connectivity index (χ1v) is 8.29. The molecule has 0 bridgehead atoms. The Hall–Kier alpha value is -0.580. The average molecular weight is 341 g/mol. The van der Waals surface area contributed by atoms with Crippen LogP contribution in [0.5, 0.6) is 5.75 Å². The van der Waals surface area contributed by atoms with Gasteiger partial charge in [0.25, 0.3) is 0 Å². The van der Waals surface area contributed by atoms with Crippen LogP contribution >= 0.6 is 15.9 Å². The van der Waals surface area contributed by atoms with E-state index < -0.39 is 0 Å². The summed E-state index contributed by atoms with van der Waals surface area (Å²) in [6.07, 6.45) is 5.05. The highest BCUT2D eigenvalue weighted by molar-refractivity contribution is 9.10. The molecule has 4 heteroatoms. The van der Waals surface area contributed by atoms with E-state index in [9.17, 15) is 0 Å². The number of ether oxygens (including phenoxy) is 1. The van der Waals surface area contributed by atoms with Gasteiger partial charge in [0.1, 0.15) is 5.75 Å². The molecule has 0 spiro atoms. The summed E-state index contributed by atoms with van der Waals surface area (Å²) < 4.78 is 6.62. The lowest BCUT2D eigenvalue weighted by Gasteiger charge is -2.32. The van der Waals surface area contributed by atoms with Crippen molar-refractivity contribution >= 4 is 15.9 Å². The minimum absolute atomic E-state index is 0.251. The van der Waals surface area contributed by atoms with Crippen molar-refractivity contribution in [1.82, 2.24) is 4.90 Å². The van der Waals surface area contributed by atoms with Crippen LogP contribution in [0.1, 0.15) is 44.2 Å². The molecule has 0 saturated heterocycles. The zero-order valence-corrected chi connectivity index (χ0v) is 14.0. The van der Waals surface area contributed by atoms with E-state index in [1.807, 2.05) is 12.1 Å². The second kappa shape index (κ2) is 7.43. The molecule has 0 aliphatic heterocycles. The van der Waals surface area contributed by atoms with Crippen molar-refractivity contribution in [2.75, 3.05) is 20.2 Å². The number of nitrogens with two attached hydrogens (primary N) is 1. The van der Waals surface area contributed by atoms with Crippen molar-refractivity contribution in [3.05, 3.63) is 28.2 Å². The predicted molar refractivity (Wildman–Crippen MR) is 87.1 cm³/mol. The minimum Gasteiger partial charge on any atom is -0.496 e. The monoisotopic (exact) mass is 340 g/mol. The highest BCUT2D eigenvalue weighted by atomic mass is 79.9. The van der Waals surface area contributed by atoms with E-state index in [1.165, 1.54) is 31.2 Å². The van der Waals surface area contributed by atoms with Crippen molar-refractivity contribution in [3.8, 4) is 5.75 Å². The van der Waals surface area contributed by atoms with Crippen LogP contribution in [-0.4, -0.2) is 31.1 Å². The Labute approximate surface area is 130 Å². The molecule has 1 fully saturated rings. The highest BCUT2D eigenvalue weighted by Crippen LogP contribution is 2.38. The molecule has 0 radical (unpaired) electrons. The number of methoxy groups -OCH3 is 1. The van der Waals surface area contributed by atoms with E-state index >= 15 is 0 Å². The Morgan fingerprint density at radius 3 is 2.75 bits per heavy atom. The molecule has 1 aliphatic carbocycles. The number of unbranched alkanes of at least 4 members (excludes halogenated alkanes) is 1. The van der Waals surface area contributed by atoms with Gasteiger partial charge >= 0.3 is 0 Å². The van der Waals surface area contributed by atoms with Crippen LogP contribution in [0, 0.1) is 0 Å². The fourth-order valence-corrected chi connectivity index (χ4v) is 3.13.